The lowest BCUT2D eigenvalue weighted by molar-refractivity contribution is 0.521. The Bertz CT molecular complexity index is 1210. The number of hydrogen-bond donors (Lipinski definition) is 0. The standard InChI is InChI=1S/C21H23FN4O2S2/c1-4-5-10-26-20-9-8-18(30(27,28)25(2)3)12-19(20)24-21(26)29-14-15-6-7-17(22)11-16(15)13-23/h6-9,11-12H,4-5,10,14H2,1-3H3. The number of benzene rings is 2. The molecular formula is C21H23FN4O2S2. The minimum absolute atomic E-state index is 0.196. The second-order valence-electron chi connectivity index (χ2n) is 7.04. The fourth-order valence-corrected chi connectivity index (χ4v) is 4.99. The van der Waals surface area contributed by atoms with Gasteiger partial charge in [0.2, 0.25) is 10.0 Å². The van der Waals surface area contributed by atoms with E-state index in [9.17, 15) is 18.1 Å². The monoisotopic (exact) mass is 446 g/mol. The molecule has 0 radical (unpaired) electrons. The van der Waals surface area contributed by atoms with E-state index in [0.717, 1.165) is 35.6 Å². The van der Waals surface area contributed by atoms with Crippen LogP contribution in [0.25, 0.3) is 11.0 Å². The Morgan fingerprint density at radius 3 is 2.67 bits per heavy atom. The zero-order chi connectivity index (χ0) is 21.9. The molecule has 0 N–H and O–H groups in total. The molecule has 2 aromatic carbocycles. The third kappa shape index (κ3) is 4.51. The van der Waals surface area contributed by atoms with Crippen molar-refractivity contribution in [3.8, 4) is 6.07 Å². The summed E-state index contributed by atoms with van der Waals surface area (Å²) in [5.74, 6) is 0.0201. The van der Waals surface area contributed by atoms with E-state index in [4.69, 9.17) is 0 Å². The van der Waals surface area contributed by atoms with Gasteiger partial charge in [-0.3, -0.25) is 0 Å². The van der Waals surface area contributed by atoms with Crippen molar-refractivity contribution >= 4 is 32.8 Å². The van der Waals surface area contributed by atoms with E-state index in [0.29, 0.717) is 16.8 Å². The summed E-state index contributed by atoms with van der Waals surface area (Å²) in [6, 6.07) is 11.2. The maximum Gasteiger partial charge on any atom is 0.242 e. The highest BCUT2D eigenvalue weighted by atomic mass is 32.2. The van der Waals surface area contributed by atoms with Crippen LogP contribution in [0.15, 0.2) is 46.5 Å². The van der Waals surface area contributed by atoms with Gasteiger partial charge in [0.1, 0.15) is 5.82 Å². The van der Waals surface area contributed by atoms with Gasteiger partial charge in [-0.05, 0) is 42.3 Å². The van der Waals surface area contributed by atoms with E-state index >= 15 is 0 Å². The SMILES string of the molecule is CCCCn1c(SCc2ccc(F)cc2C#N)nc2cc(S(=O)(=O)N(C)C)ccc21. The third-order valence-corrected chi connectivity index (χ3v) is 7.58. The van der Waals surface area contributed by atoms with Gasteiger partial charge in [0.25, 0.3) is 0 Å². The van der Waals surface area contributed by atoms with Gasteiger partial charge in [-0.15, -0.1) is 0 Å². The predicted octanol–water partition coefficient (Wildman–Crippen LogP) is 4.39. The molecule has 0 aliphatic heterocycles. The highest BCUT2D eigenvalue weighted by molar-refractivity contribution is 7.98. The Hall–Kier alpha value is -2.41. The number of nitrogens with zero attached hydrogens (tertiary/aromatic N) is 4. The summed E-state index contributed by atoms with van der Waals surface area (Å²) in [6.07, 6.45) is 1.96. The van der Waals surface area contributed by atoms with Crippen molar-refractivity contribution in [1.82, 2.24) is 13.9 Å². The van der Waals surface area contributed by atoms with Gasteiger partial charge >= 0.3 is 0 Å². The van der Waals surface area contributed by atoms with Gasteiger partial charge in [0.05, 0.1) is 27.6 Å². The summed E-state index contributed by atoms with van der Waals surface area (Å²) < 4.78 is 41.6. The smallest absolute Gasteiger partial charge is 0.242 e. The van der Waals surface area contributed by atoms with E-state index < -0.39 is 15.8 Å². The molecule has 0 fully saturated rings. The van der Waals surface area contributed by atoms with E-state index in [-0.39, 0.29) is 4.90 Å². The Balaban J connectivity index is 1.99. The minimum atomic E-state index is -3.55. The molecule has 3 aromatic rings. The molecule has 0 bridgehead atoms. The minimum Gasteiger partial charge on any atom is -0.319 e. The Morgan fingerprint density at radius 1 is 1.23 bits per heavy atom. The maximum atomic E-state index is 13.4. The van der Waals surface area contributed by atoms with Crippen molar-refractivity contribution < 1.29 is 12.8 Å². The number of nitriles is 1. The molecule has 158 valence electrons. The number of unbranched alkanes of at least 4 members (excludes halogenated alkanes) is 1. The normalized spacial score (nSPS) is 11.9. The number of sulfonamides is 1. The molecule has 0 spiro atoms. The lowest BCUT2D eigenvalue weighted by atomic mass is 10.1. The first-order valence-corrected chi connectivity index (χ1v) is 11.9. The number of hydrogen-bond acceptors (Lipinski definition) is 5. The van der Waals surface area contributed by atoms with Gasteiger partial charge in [-0.1, -0.05) is 31.2 Å². The zero-order valence-corrected chi connectivity index (χ0v) is 18.7. The molecule has 30 heavy (non-hydrogen) atoms. The van der Waals surface area contributed by atoms with Crippen molar-refractivity contribution in [2.45, 2.75) is 42.1 Å². The molecule has 9 heteroatoms. The number of aromatic nitrogens is 2. The molecule has 0 atom stereocenters. The molecule has 3 rings (SSSR count). The van der Waals surface area contributed by atoms with E-state index in [1.807, 2.05) is 6.07 Å². The Morgan fingerprint density at radius 2 is 2.00 bits per heavy atom. The number of fused-ring (bicyclic) bond motifs is 1. The van der Waals surface area contributed by atoms with Crippen molar-refractivity contribution in [2.75, 3.05) is 14.1 Å². The van der Waals surface area contributed by atoms with Gasteiger partial charge in [0.15, 0.2) is 5.16 Å². The Kier molecular flexibility index (Phi) is 6.81. The van der Waals surface area contributed by atoms with Gasteiger partial charge in [0, 0.05) is 26.4 Å². The van der Waals surface area contributed by atoms with Crippen molar-refractivity contribution in [2.24, 2.45) is 0 Å². The molecule has 0 saturated heterocycles. The van der Waals surface area contributed by atoms with Crippen molar-refractivity contribution in [3.63, 3.8) is 0 Å². The summed E-state index contributed by atoms with van der Waals surface area (Å²) in [6.45, 7) is 2.86. The average molecular weight is 447 g/mol. The number of thioether (sulfide) groups is 1. The molecule has 0 unspecified atom stereocenters. The highest BCUT2D eigenvalue weighted by Gasteiger charge is 2.20. The summed E-state index contributed by atoms with van der Waals surface area (Å²) in [4.78, 5) is 4.87. The van der Waals surface area contributed by atoms with Crippen LogP contribution >= 0.6 is 11.8 Å². The lowest BCUT2D eigenvalue weighted by Crippen LogP contribution is -2.22. The van der Waals surface area contributed by atoms with Crippen LogP contribution in [0.5, 0.6) is 0 Å². The average Bonchev–Trinajstić information content (AvgIpc) is 3.07. The van der Waals surface area contributed by atoms with E-state index in [1.165, 1.54) is 42.3 Å². The molecule has 0 aliphatic carbocycles. The summed E-state index contributed by atoms with van der Waals surface area (Å²) >= 11 is 1.45. The van der Waals surface area contributed by atoms with Crippen LogP contribution in [0.1, 0.15) is 30.9 Å². The van der Waals surface area contributed by atoms with Crippen LogP contribution in [-0.4, -0.2) is 36.4 Å². The van der Waals surface area contributed by atoms with Crippen LogP contribution in [0.3, 0.4) is 0 Å². The van der Waals surface area contributed by atoms with Crippen LogP contribution in [0.2, 0.25) is 0 Å². The first kappa shape index (κ1) is 22.3. The van der Waals surface area contributed by atoms with E-state index in [1.54, 1.807) is 24.3 Å². The quantitative estimate of drug-likeness (QED) is 0.480. The largest absolute Gasteiger partial charge is 0.319 e. The summed E-state index contributed by atoms with van der Waals surface area (Å²) in [7, 11) is -0.559. The molecule has 6 nitrogen and oxygen atoms in total. The van der Waals surface area contributed by atoms with Crippen molar-refractivity contribution in [3.05, 3.63) is 53.3 Å². The molecule has 0 saturated carbocycles. The maximum absolute atomic E-state index is 13.4. The lowest BCUT2D eigenvalue weighted by Gasteiger charge is -2.11. The molecule has 1 heterocycles. The summed E-state index contributed by atoms with van der Waals surface area (Å²) in [5, 5.41) is 10.0. The Labute approximate surface area is 180 Å². The molecule has 0 amide bonds. The highest BCUT2D eigenvalue weighted by Crippen LogP contribution is 2.30. The van der Waals surface area contributed by atoms with Crippen LogP contribution in [0.4, 0.5) is 4.39 Å². The first-order valence-electron chi connectivity index (χ1n) is 9.52. The second-order valence-corrected chi connectivity index (χ2v) is 10.1. The summed E-state index contributed by atoms with van der Waals surface area (Å²) in [5.41, 5.74) is 2.51. The number of aryl methyl sites for hydroxylation is 1. The fourth-order valence-electron chi connectivity index (χ4n) is 3.02. The first-order chi connectivity index (χ1) is 14.3. The van der Waals surface area contributed by atoms with Crippen LogP contribution in [-0.2, 0) is 22.3 Å². The number of imidazole rings is 1. The van der Waals surface area contributed by atoms with Gasteiger partial charge in [-0.2, -0.15) is 5.26 Å². The van der Waals surface area contributed by atoms with Gasteiger partial charge < -0.3 is 4.57 Å². The van der Waals surface area contributed by atoms with Crippen LogP contribution < -0.4 is 0 Å². The van der Waals surface area contributed by atoms with Gasteiger partial charge in [-0.25, -0.2) is 22.1 Å². The fraction of sp³-hybridized carbons (Fsp3) is 0.333. The second kappa shape index (κ2) is 9.16. The molecular weight excluding hydrogens is 423 g/mol. The molecule has 1 aromatic heterocycles. The topological polar surface area (TPSA) is 79.0 Å². The van der Waals surface area contributed by atoms with Crippen molar-refractivity contribution in [1.29, 1.82) is 5.26 Å². The predicted molar refractivity (Wildman–Crippen MR) is 116 cm³/mol. The number of rotatable bonds is 8. The molecule has 0 aliphatic rings. The zero-order valence-electron chi connectivity index (χ0n) is 17.1. The third-order valence-electron chi connectivity index (χ3n) is 4.75. The van der Waals surface area contributed by atoms with E-state index in [2.05, 4.69) is 16.5 Å². The van der Waals surface area contributed by atoms with Crippen LogP contribution in [0, 0.1) is 17.1 Å². The number of halogens is 1.